The quantitative estimate of drug-likeness (QED) is 0.227. The third kappa shape index (κ3) is 7.52. The van der Waals surface area contributed by atoms with Gasteiger partial charge in [0, 0.05) is 36.1 Å². The average molecular weight is 528 g/mol. The van der Waals surface area contributed by atoms with Crippen LogP contribution in [0.3, 0.4) is 0 Å². The van der Waals surface area contributed by atoms with Crippen LogP contribution in [0.25, 0.3) is 11.3 Å². The van der Waals surface area contributed by atoms with E-state index in [1.165, 1.54) is 16.7 Å². The smallest absolute Gasteiger partial charge is 0.305 e. The molecular weight excluding hydrogens is 494 g/mol. The first-order valence-corrected chi connectivity index (χ1v) is 13.7. The van der Waals surface area contributed by atoms with Crippen LogP contribution in [-0.2, 0) is 17.8 Å². The van der Waals surface area contributed by atoms with Gasteiger partial charge < -0.3 is 15.3 Å². The van der Waals surface area contributed by atoms with Gasteiger partial charge in [0.1, 0.15) is 0 Å². The van der Waals surface area contributed by atoms with Gasteiger partial charge in [0.25, 0.3) is 5.91 Å². The van der Waals surface area contributed by atoms with E-state index < -0.39 is 5.97 Å². The van der Waals surface area contributed by atoms with E-state index in [-0.39, 0.29) is 18.9 Å². The van der Waals surface area contributed by atoms with Gasteiger partial charge in [-0.3, -0.25) is 9.59 Å². The van der Waals surface area contributed by atoms with Crippen molar-refractivity contribution in [3.05, 3.63) is 106 Å². The van der Waals surface area contributed by atoms with Crippen molar-refractivity contribution >= 4 is 28.3 Å². The lowest BCUT2D eigenvalue weighted by molar-refractivity contribution is -0.136. The molecule has 1 amide bonds. The van der Waals surface area contributed by atoms with Crippen LogP contribution in [-0.4, -0.2) is 35.1 Å². The summed E-state index contributed by atoms with van der Waals surface area (Å²) < 4.78 is 0. The zero-order chi connectivity index (χ0) is 26.9. The molecular formula is C31H33N3O3S. The van der Waals surface area contributed by atoms with Crippen molar-refractivity contribution in [1.29, 1.82) is 0 Å². The molecule has 0 bridgehead atoms. The van der Waals surface area contributed by atoms with E-state index in [1.807, 2.05) is 18.2 Å². The second-order valence-corrected chi connectivity index (χ2v) is 10.3. The van der Waals surface area contributed by atoms with E-state index >= 15 is 0 Å². The SMILES string of the molecule is Cc1ccc(-c2csc(N(CCCc3ccccc3)Cc3ccc(C(=O)NCCC(=O)O)cc3)n2)c(C)c1. The van der Waals surface area contributed by atoms with Crippen LogP contribution in [0.2, 0.25) is 0 Å². The highest BCUT2D eigenvalue weighted by Crippen LogP contribution is 2.31. The molecule has 38 heavy (non-hydrogen) atoms. The Kier molecular flexibility index (Phi) is 9.27. The second-order valence-electron chi connectivity index (χ2n) is 9.44. The van der Waals surface area contributed by atoms with Gasteiger partial charge in [0.05, 0.1) is 12.1 Å². The minimum atomic E-state index is -0.934. The zero-order valence-corrected chi connectivity index (χ0v) is 22.6. The molecule has 3 aromatic carbocycles. The lowest BCUT2D eigenvalue weighted by atomic mass is 10.0. The minimum Gasteiger partial charge on any atom is -0.481 e. The summed E-state index contributed by atoms with van der Waals surface area (Å²) in [6.45, 7) is 5.86. The van der Waals surface area contributed by atoms with Crippen LogP contribution < -0.4 is 10.2 Å². The molecule has 0 spiro atoms. The number of nitrogens with zero attached hydrogens (tertiary/aromatic N) is 2. The molecule has 0 aliphatic carbocycles. The molecule has 196 valence electrons. The maximum absolute atomic E-state index is 12.3. The van der Waals surface area contributed by atoms with Crippen LogP contribution in [0.1, 0.15) is 45.5 Å². The molecule has 0 unspecified atom stereocenters. The Balaban J connectivity index is 1.48. The molecule has 1 aromatic heterocycles. The summed E-state index contributed by atoms with van der Waals surface area (Å²) in [5.74, 6) is -1.20. The molecule has 0 saturated heterocycles. The van der Waals surface area contributed by atoms with E-state index in [2.05, 4.69) is 71.9 Å². The van der Waals surface area contributed by atoms with E-state index in [9.17, 15) is 9.59 Å². The second kappa shape index (κ2) is 13.0. The molecule has 0 aliphatic heterocycles. The number of carboxylic acids is 1. The highest BCUT2D eigenvalue weighted by Gasteiger charge is 2.15. The number of thiazole rings is 1. The molecule has 2 N–H and O–H groups in total. The van der Waals surface area contributed by atoms with Crippen LogP contribution in [0.15, 0.2) is 78.2 Å². The number of aryl methyl sites for hydroxylation is 3. The number of benzene rings is 3. The average Bonchev–Trinajstić information content (AvgIpc) is 3.39. The fraction of sp³-hybridized carbons (Fsp3) is 0.258. The van der Waals surface area contributed by atoms with E-state index in [1.54, 1.807) is 23.5 Å². The summed E-state index contributed by atoms with van der Waals surface area (Å²) in [6, 6.07) is 24.4. The number of carbonyl (C=O) groups is 2. The Bertz CT molecular complexity index is 1370. The van der Waals surface area contributed by atoms with Gasteiger partial charge in [-0.05, 0) is 55.5 Å². The predicted octanol–water partition coefficient (Wildman–Crippen LogP) is 6.27. The summed E-state index contributed by atoms with van der Waals surface area (Å²) in [4.78, 5) is 30.3. The van der Waals surface area contributed by atoms with Gasteiger partial charge in [-0.2, -0.15) is 0 Å². The summed E-state index contributed by atoms with van der Waals surface area (Å²) >= 11 is 1.65. The minimum absolute atomic E-state index is 0.0975. The lowest BCUT2D eigenvalue weighted by Gasteiger charge is -2.22. The number of nitrogens with one attached hydrogen (secondary N) is 1. The third-order valence-electron chi connectivity index (χ3n) is 6.37. The summed E-state index contributed by atoms with van der Waals surface area (Å²) in [5, 5.41) is 14.5. The van der Waals surface area contributed by atoms with Gasteiger partial charge in [0.2, 0.25) is 0 Å². The Morgan fingerprint density at radius 2 is 1.74 bits per heavy atom. The normalized spacial score (nSPS) is 10.8. The number of rotatable bonds is 12. The number of amides is 1. The summed E-state index contributed by atoms with van der Waals surface area (Å²) in [6.07, 6.45) is 1.88. The monoisotopic (exact) mass is 527 g/mol. The fourth-order valence-corrected chi connectivity index (χ4v) is 5.21. The third-order valence-corrected chi connectivity index (χ3v) is 7.27. The standard InChI is InChI=1S/C31H33N3O3S/c1-22-10-15-27(23(2)19-22)28-21-38-31(33-28)34(18-6-9-24-7-4-3-5-8-24)20-25-11-13-26(14-12-25)30(37)32-17-16-29(35)36/h3-5,7-8,10-15,19,21H,6,9,16-18,20H2,1-2H3,(H,32,37)(H,35,36). The molecule has 0 atom stereocenters. The van der Waals surface area contributed by atoms with E-state index in [4.69, 9.17) is 10.1 Å². The Hall–Kier alpha value is -3.97. The van der Waals surface area contributed by atoms with Crippen molar-refractivity contribution in [3.8, 4) is 11.3 Å². The first-order chi connectivity index (χ1) is 18.4. The van der Waals surface area contributed by atoms with Gasteiger partial charge in [-0.1, -0.05) is 66.2 Å². The predicted molar refractivity (Wildman–Crippen MR) is 154 cm³/mol. The van der Waals surface area contributed by atoms with E-state index in [0.717, 1.165) is 41.3 Å². The maximum atomic E-state index is 12.3. The van der Waals surface area contributed by atoms with E-state index in [0.29, 0.717) is 12.1 Å². The number of hydrogen-bond donors (Lipinski definition) is 2. The number of carboxylic acid groups (broad SMARTS) is 1. The number of anilines is 1. The molecule has 4 aromatic rings. The van der Waals surface area contributed by atoms with Crippen molar-refractivity contribution in [1.82, 2.24) is 10.3 Å². The molecule has 0 fully saturated rings. The van der Waals surface area contributed by atoms with Crippen molar-refractivity contribution in [2.24, 2.45) is 0 Å². The summed E-state index contributed by atoms with van der Waals surface area (Å²) in [7, 11) is 0. The summed E-state index contributed by atoms with van der Waals surface area (Å²) in [5.41, 5.74) is 7.51. The highest BCUT2D eigenvalue weighted by molar-refractivity contribution is 7.14. The van der Waals surface area contributed by atoms with Gasteiger partial charge >= 0.3 is 5.97 Å². The fourth-order valence-electron chi connectivity index (χ4n) is 4.36. The number of hydrogen-bond acceptors (Lipinski definition) is 5. The van der Waals surface area contributed by atoms with Gasteiger partial charge in [-0.15, -0.1) is 11.3 Å². The van der Waals surface area contributed by atoms with Gasteiger partial charge in [-0.25, -0.2) is 4.98 Å². The Morgan fingerprint density at radius 1 is 0.974 bits per heavy atom. The number of aliphatic carboxylic acids is 1. The zero-order valence-electron chi connectivity index (χ0n) is 21.8. The van der Waals surface area contributed by atoms with Crippen molar-refractivity contribution in [3.63, 3.8) is 0 Å². The van der Waals surface area contributed by atoms with Crippen LogP contribution >= 0.6 is 11.3 Å². The molecule has 4 rings (SSSR count). The lowest BCUT2D eigenvalue weighted by Crippen LogP contribution is -2.26. The van der Waals surface area contributed by atoms with Crippen LogP contribution in [0, 0.1) is 13.8 Å². The highest BCUT2D eigenvalue weighted by atomic mass is 32.1. The largest absolute Gasteiger partial charge is 0.481 e. The first kappa shape index (κ1) is 27.1. The van der Waals surface area contributed by atoms with Crippen molar-refractivity contribution < 1.29 is 14.7 Å². The molecule has 1 heterocycles. The molecule has 7 heteroatoms. The number of aromatic nitrogens is 1. The molecule has 6 nitrogen and oxygen atoms in total. The van der Waals surface area contributed by atoms with Crippen LogP contribution in [0.5, 0.6) is 0 Å². The van der Waals surface area contributed by atoms with Crippen molar-refractivity contribution in [2.75, 3.05) is 18.0 Å². The molecule has 0 aliphatic rings. The Labute approximate surface area is 228 Å². The maximum Gasteiger partial charge on any atom is 0.305 e. The number of carbonyl (C=O) groups excluding carboxylic acids is 1. The molecule has 0 radical (unpaired) electrons. The van der Waals surface area contributed by atoms with Gasteiger partial charge in [0.15, 0.2) is 5.13 Å². The molecule has 0 saturated carbocycles. The van der Waals surface area contributed by atoms with Crippen LogP contribution in [0.4, 0.5) is 5.13 Å². The Morgan fingerprint density at radius 3 is 2.45 bits per heavy atom. The first-order valence-electron chi connectivity index (χ1n) is 12.8. The van der Waals surface area contributed by atoms with Crippen molar-refractivity contribution in [2.45, 2.75) is 39.7 Å². The topological polar surface area (TPSA) is 82.5 Å².